The summed E-state index contributed by atoms with van der Waals surface area (Å²) in [7, 11) is 0. The van der Waals surface area contributed by atoms with Crippen molar-refractivity contribution in [2.45, 2.75) is 39.0 Å². The number of unbranched alkanes of at least 4 members (excludes halogenated alkanes) is 3. The summed E-state index contributed by atoms with van der Waals surface area (Å²) in [6.45, 7) is 2.38. The van der Waals surface area contributed by atoms with Crippen LogP contribution in [0.15, 0.2) is 24.3 Å². The van der Waals surface area contributed by atoms with E-state index in [0.29, 0.717) is 6.61 Å². The second-order valence-electron chi connectivity index (χ2n) is 4.73. The van der Waals surface area contributed by atoms with Crippen LogP contribution >= 0.6 is 0 Å². The molecule has 0 atom stereocenters. The Labute approximate surface area is 124 Å². The third-order valence-electron chi connectivity index (χ3n) is 2.96. The summed E-state index contributed by atoms with van der Waals surface area (Å²) in [5.74, 6) is -2.38. The number of hydrogen-bond donors (Lipinski definition) is 3. The fourth-order valence-electron chi connectivity index (χ4n) is 1.80. The van der Waals surface area contributed by atoms with Gasteiger partial charge >= 0.3 is 5.97 Å². The molecule has 0 amide bonds. The van der Waals surface area contributed by atoms with Gasteiger partial charge in [0, 0.05) is 0 Å². The Morgan fingerprint density at radius 2 is 1.76 bits per heavy atom. The quantitative estimate of drug-likeness (QED) is 0.296. The molecular formula is C16H22O5. The first-order chi connectivity index (χ1) is 10.1. The molecule has 0 unspecified atom stereocenters. The lowest BCUT2D eigenvalue weighted by Gasteiger charge is -2.07. The number of esters is 1. The number of ether oxygens (including phenoxy) is 1. The molecule has 5 nitrogen and oxygen atoms in total. The highest BCUT2D eigenvalue weighted by atomic mass is 16.5. The third-order valence-corrected chi connectivity index (χ3v) is 2.96. The van der Waals surface area contributed by atoms with Crippen LogP contribution in [0, 0.1) is 0 Å². The lowest BCUT2D eigenvalue weighted by Crippen LogP contribution is -2.06. The van der Waals surface area contributed by atoms with Crippen molar-refractivity contribution in [3.63, 3.8) is 0 Å². The van der Waals surface area contributed by atoms with Crippen LogP contribution in [0.1, 0.15) is 49.4 Å². The zero-order chi connectivity index (χ0) is 15.7. The zero-order valence-corrected chi connectivity index (χ0v) is 12.2. The van der Waals surface area contributed by atoms with E-state index in [-0.39, 0.29) is 5.56 Å². The first-order valence-corrected chi connectivity index (χ1v) is 7.13. The van der Waals surface area contributed by atoms with Crippen LogP contribution in [-0.2, 0) is 4.74 Å². The van der Waals surface area contributed by atoms with E-state index in [1.807, 2.05) is 0 Å². The molecule has 116 valence electrons. The van der Waals surface area contributed by atoms with E-state index in [0.717, 1.165) is 44.2 Å². The maximum Gasteiger partial charge on any atom is 0.338 e. The Balaban J connectivity index is 2.30. The molecule has 0 fully saturated rings. The van der Waals surface area contributed by atoms with Crippen LogP contribution < -0.4 is 0 Å². The summed E-state index contributed by atoms with van der Waals surface area (Å²) in [4.78, 5) is 11.7. The highest BCUT2D eigenvalue weighted by Gasteiger charge is 2.14. The molecule has 1 aromatic carbocycles. The number of carbonyl (C=O) groups is 1. The largest absolute Gasteiger partial charge is 0.504 e. The number of rotatable bonds is 8. The summed E-state index contributed by atoms with van der Waals surface area (Å²) in [6, 6.07) is 2.12. The third kappa shape index (κ3) is 5.77. The van der Waals surface area contributed by atoms with Gasteiger partial charge in [0.1, 0.15) is 0 Å². The molecular weight excluding hydrogens is 272 g/mol. The Bertz CT molecular complexity index is 470. The Kier molecular flexibility index (Phi) is 7.15. The van der Waals surface area contributed by atoms with Gasteiger partial charge in [-0.05, 0) is 44.2 Å². The lowest BCUT2D eigenvalue weighted by molar-refractivity contribution is 0.0497. The van der Waals surface area contributed by atoms with Crippen molar-refractivity contribution in [3.05, 3.63) is 29.8 Å². The molecule has 1 rings (SSSR count). The summed E-state index contributed by atoms with van der Waals surface area (Å²) in [6.07, 6.45) is 9.13. The molecule has 0 saturated heterocycles. The maximum absolute atomic E-state index is 11.7. The molecule has 21 heavy (non-hydrogen) atoms. The smallest absolute Gasteiger partial charge is 0.338 e. The van der Waals surface area contributed by atoms with E-state index in [1.165, 1.54) is 0 Å². The van der Waals surface area contributed by atoms with Crippen molar-refractivity contribution in [3.8, 4) is 17.2 Å². The number of aromatic hydroxyl groups is 3. The molecule has 0 radical (unpaired) electrons. The monoisotopic (exact) mass is 294 g/mol. The second kappa shape index (κ2) is 8.89. The minimum absolute atomic E-state index is 0.00804. The Morgan fingerprint density at radius 3 is 2.38 bits per heavy atom. The average Bonchev–Trinajstić information content (AvgIpc) is 2.46. The van der Waals surface area contributed by atoms with E-state index >= 15 is 0 Å². The van der Waals surface area contributed by atoms with Crippen LogP contribution in [-0.4, -0.2) is 27.9 Å². The van der Waals surface area contributed by atoms with Gasteiger partial charge in [0.05, 0.1) is 12.2 Å². The van der Waals surface area contributed by atoms with E-state index in [2.05, 4.69) is 19.1 Å². The number of phenols is 3. The van der Waals surface area contributed by atoms with Crippen LogP contribution in [0.25, 0.3) is 0 Å². The average molecular weight is 294 g/mol. The van der Waals surface area contributed by atoms with E-state index < -0.39 is 23.2 Å². The molecule has 0 heterocycles. The number of allylic oxidation sites excluding steroid dienone is 2. The minimum Gasteiger partial charge on any atom is -0.504 e. The highest BCUT2D eigenvalue weighted by Crippen LogP contribution is 2.35. The molecule has 0 bridgehead atoms. The van der Waals surface area contributed by atoms with Crippen LogP contribution in [0.3, 0.4) is 0 Å². The molecule has 5 heteroatoms. The van der Waals surface area contributed by atoms with Crippen molar-refractivity contribution >= 4 is 5.97 Å². The van der Waals surface area contributed by atoms with Gasteiger partial charge in [-0.3, -0.25) is 0 Å². The van der Waals surface area contributed by atoms with Gasteiger partial charge in [0.15, 0.2) is 17.2 Å². The van der Waals surface area contributed by atoms with Crippen LogP contribution in [0.4, 0.5) is 0 Å². The summed E-state index contributed by atoms with van der Waals surface area (Å²) in [5, 5.41) is 27.8. The van der Waals surface area contributed by atoms with Crippen LogP contribution in [0.5, 0.6) is 17.2 Å². The van der Waals surface area contributed by atoms with Gasteiger partial charge in [-0.15, -0.1) is 0 Å². The highest BCUT2D eigenvalue weighted by molar-refractivity contribution is 5.91. The van der Waals surface area contributed by atoms with Crippen LogP contribution in [0.2, 0.25) is 0 Å². The van der Waals surface area contributed by atoms with Crippen molar-refractivity contribution in [1.82, 2.24) is 0 Å². The fraction of sp³-hybridized carbons (Fsp3) is 0.438. The SMILES string of the molecule is CCC=CCCCCCOC(=O)c1cc(O)c(O)c(O)c1. The van der Waals surface area contributed by atoms with Gasteiger partial charge in [-0.1, -0.05) is 19.1 Å². The second-order valence-corrected chi connectivity index (χ2v) is 4.73. The van der Waals surface area contributed by atoms with Crippen molar-refractivity contribution in [1.29, 1.82) is 0 Å². The van der Waals surface area contributed by atoms with Gasteiger partial charge in [-0.25, -0.2) is 4.79 Å². The van der Waals surface area contributed by atoms with E-state index in [9.17, 15) is 20.1 Å². The Morgan fingerprint density at radius 1 is 1.10 bits per heavy atom. The summed E-state index contributed by atoms with van der Waals surface area (Å²) in [5.41, 5.74) is 0.00804. The number of hydrogen-bond acceptors (Lipinski definition) is 5. The standard InChI is InChI=1S/C16H22O5/c1-2-3-4-5-6-7-8-9-21-16(20)12-10-13(17)15(19)14(18)11-12/h3-4,10-11,17-19H,2,5-9H2,1H3. The maximum atomic E-state index is 11.7. The Hall–Kier alpha value is -2.17. The molecule has 0 aliphatic heterocycles. The minimum atomic E-state index is -0.647. The van der Waals surface area contributed by atoms with E-state index in [4.69, 9.17) is 4.74 Å². The van der Waals surface area contributed by atoms with E-state index in [1.54, 1.807) is 0 Å². The van der Waals surface area contributed by atoms with Gasteiger partial charge in [0.2, 0.25) is 0 Å². The normalized spacial score (nSPS) is 10.9. The van der Waals surface area contributed by atoms with Gasteiger partial charge in [0.25, 0.3) is 0 Å². The molecule has 1 aromatic rings. The first-order valence-electron chi connectivity index (χ1n) is 7.13. The van der Waals surface area contributed by atoms with Crippen molar-refractivity contribution < 1.29 is 24.9 Å². The molecule has 0 saturated carbocycles. The summed E-state index contributed by atoms with van der Waals surface area (Å²) >= 11 is 0. The predicted molar refractivity (Wildman–Crippen MR) is 79.6 cm³/mol. The lowest BCUT2D eigenvalue weighted by atomic mass is 10.2. The zero-order valence-electron chi connectivity index (χ0n) is 12.2. The summed E-state index contributed by atoms with van der Waals surface area (Å²) < 4.78 is 5.04. The topological polar surface area (TPSA) is 87.0 Å². The number of phenolic OH excluding ortho intramolecular Hbond substituents is 3. The van der Waals surface area contributed by atoms with Gasteiger partial charge in [-0.2, -0.15) is 0 Å². The fourth-order valence-corrected chi connectivity index (χ4v) is 1.80. The number of carbonyl (C=O) groups excluding carboxylic acids is 1. The number of benzene rings is 1. The molecule has 0 aliphatic rings. The van der Waals surface area contributed by atoms with Crippen molar-refractivity contribution in [2.24, 2.45) is 0 Å². The van der Waals surface area contributed by atoms with Crippen molar-refractivity contribution in [2.75, 3.05) is 6.61 Å². The molecule has 3 N–H and O–H groups in total. The molecule has 0 aliphatic carbocycles. The van der Waals surface area contributed by atoms with Gasteiger partial charge < -0.3 is 20.1 Å². The first kappa shape index (κ1) is 16.9. The predicted octanol–water partition coefficient (Wildman–Crippen LogP) is 3.49. The molecule has 0 spiro atoms. The molecule has 0 aromatic heterocycles.